The molecule has 0 radical (unpaired) electrons. The lowest BCUT2D eigenvalue weighted by Gasteiger charge is -2.41. The summed E-state index contributed by atoms with van der Waals surface area (Å²) in [6.07, 6.45) is 7.36. The molecule has 2 fully saturated rings. The maximum absolute atomic E-state index is 10.1. The first-order chi connectivity index (χ1) is 21.0. The number of rotatable bonds is 6. The number of hydrogen-bond donors (Lipinski definition) is 2. The van der Waals surface area contributed by atoms with E-state index in [1.54, 1.807) is 6.07 Å². The Hall–Kier alpha value is -3.72. The van der Waals surface area contributed by atoms with Crippen LogP contribution < -0.4 is 20.5 Å². The smallest absolute Gasteiger partial charge is 0.221 e. The average Bonchev–Trinajstić information content (AvgIpc) is 3.65. The third kappa shape index (κ3) is 5.01. The van der Waals surface area contributed by atoms with Gasteiger partial charge >= 0.3 is 0 Å². The summed E-state index contributed by atoms with van der Waals surface area (Å²) < 4.78 is 24.5. The Morgan fingerprint density at radius 1 is 1.19 bits per heavy atom. The number of nitrogen functional groups attached to an aromatic ring is 1. The van der Waals surface area contributed by atoms with Gasteiger partial charge in [-0.25, -0.2) is 0 Å². The van der Waals surface area contributed by atoms with Gasteiger partial charge in [-0.2, -0.15) is 15.2 Å². The van der Waals surface area contributed by atoms with Crippen molar-refractivity contribution in [1.29, 1.82) is 5.26 Å². The van der Waals surface area contributed by atoms with Crippen LogP contribution in [0.4, 0.5) is 5.69 Å². The van der Waals surface area contributed by atoms with E-state index in [0.717, 1.165) is 74.8 Å². The number of nitrogens with zero attached hydrogens (tertiary/aromatic N) is 5. The van der Waals surface area contributed by atoms with Crippen LogP contribution in [-0.4, -0.2) is 71.7 Å². The summed E-state index contributed by atoms with van der Waals surface area (Å²) >= 11 is 0. The van der Waals surface area contributed by atoms with Gasteiger partial charge in [0.1, 0.15) is 18.3 Å². The summed E-state index contributed by atoms with van der Waals surface area (Å²) in [6, 6.07) is 8.39. The Morgan fingerprint density at radius 3 is 2.79 bits per heavy atom. The standard InChI is InChI=1S/C32H39N7O4/c1-19(25-8-5-13-39(25)2)41-26-14-27(42-21-16-35-18-40-17-21)37-31(36-26)29-22-7-4-12-32(30(22)43-38-29)11-3-6-20-9-10-24(34)23(15-33)28(20)32/h9-10,14,19,21,25,35H,3-8,11-13,16-18,34H2,1-2H3. The van der Waals surface area contributed by atoms with Gasteiger partial charge in [0.2, 0.25) is 11.8 Å². The zero-order valence-corrected chi connectivity index (χ0v) is 24.9. The Kier molecular flexibility index (Phi) is 7.45. The summed E-state index contributed by atoms with van der Waals surface area (Å²) in [5, 5.41) is 17.9. The number of anilines is 1. The first kappa shape index (κ1) is 28.1. The molecule has 4 heterocycles. The third-order valence-electron chi connectivity index (χ3n) is 9.70. The largest absolute Gasteiger partial charge is 0.473 e. The molecule has 2 aliphatic heterocycles. The van der Waals surface area contributed by atoms with E-state index < -0.39 is 5.41 Å². The van der Waals surface area contributed by atoms with Crippen molar-refractivity contribution in [1.82, 2.24) is 25.3 Å². The van der Waals surface area contributed by atoms with Gasteiger partial charge in [0.25, 0.3) is 0 Å². The molecule has 2 aliphatic carbocycles. The highest BCUT2D eigenvalue weighted by atomic mass is 16.5. The number of aromatic nitrogens is 3. The lowest BCUT2D eigenvalue weighted by molar-refractivity contribution is 0.00105. The molecule has 1 aromatic carbocycles. The molecule has 4 aliphatic rings. The minimum Gasteiger partial charge on any atom is -0.473 e. The highest BCUT2D eigenvalue weighted by molar-refractivity contribution is 5.67. The fraction of sp³-hybridized carbons (Fsp3) is 0.562. The van der Waals surface area contributed by atoms with Crippen molar-refractivity contribution in [3.63, 3.8) is 0 Å². The zero-order chi connectivity index (χ0) is 29.6. The molecule has 11 heteroatoms. The van der Waals surface area contributed by atoms with Crippen molar-refractivity contribution in [3.05, 3.63) is 46.2 Å². The van der Waals surface area contributed by atoms with Crippen LogP contribution in [0, 0.1) is 11.3 Å². The number of nitrogens with two attached hydrogens (primary N) is 1. The molecule has 3 N–H and O–H groups in total. The minimum absolute atomic E-state index is 0.0640. The summed E-state index contributed by atoms with van der Waals surface area (Å²) in [5.41, 5.74) is 10.7. The second-order valence-corrected chi connectivity index (χ2v) is 12.4. The molecule has 7 rings (SSSR count). The van der Waals surface area contributed by atoms with E-state index in [4.69, 9.17) is 34.4 Å². The lowest BCUT2D eigenvalue weighted by Crippen LogP contribution is -2.42. The quantitative estimate of drug-likeness (QED) is 0.408. The highest BCUT2D eigenvalue weighted by Gasteiger charge is 2.48. The average molecular weight is 586 g/mol. The van der Waals surface area contributed by atoms with Gasteiger partial charge in [-0.3, -0.25) is 10.2 Å². The van der Waals surface area contributed by atoms with E-state index in [1.165, 1.54) is 5.56 Å². The molecule has 43 heavy (non-hydrogen) atoms. The van der Waals surface area contributed by atoms with Gasteiger partial charge in [-0.1, -0.05) is 11.2 Å². The number of benzene rings is 1. The summed E-state index contributed by atoms with van der Waals surface area (Å²) in [5.74, 6) is 2.08. The second kappa shape index (κ2) is 11.4. The molecule has 3 aromatic rings. The van der Waals surface area contributed by atoms with E-state index >= 15 is 0 Å². The van der Waals surface area contributed by atoms with Crippen LogP contribution in [-0.2, 0) is 23.0 Å². The highest BCUT2D eigenvalue weighted by Crippen LogP contribution is 2.53. The van der Waals surface area contributed by atoms with Crippen LogP contribution in [0.5, 0.6) is 11.8 Å². The van der Waals surface area contributed by atoms with Crippen LogP contribution in [0.25, 0.3) is 11.5 Å². The van der Waals surface area contributed by atoms with Gasteiger partial charge in [-0.15, -0.1) is 0 Å². The monoisotopic (exact) mass is 585 g/mol. The van der Waals surface area contributed by atoms with E-state index in [1.807, 2.05) is 6.07 Å². The molecule has 4 atom stereocenters. The molecule has 0 saturated carbocycles. The third-order valence-corrected chi connectivity index (χ3v) is 9.70. The summed E-state index contributed by atoms with van der Waals surface area (Å²) in [4.78, 5) is 12.0. The molecule has 2 saturated heterocycles. The van der Waals surface area contributed by atoms with Gasteiger partial charge in [-0.05, 0) is 89.1 Å². The predicted octanol–water partition coefficient (Wildman–Crippen LogP) is 3.73. The Balaban J connectivity index is 1.29. The van der Waals surface area contributed by atoms with Gasteiger partial charge < -0.3 is 24.5 Å². The number of likely N-dealkylation sites (N-methyl/N-ethyl adjacent to an activating group) is 1. The van der Waals surface area contributed by atoms with Gasteiger partial charge in [0.05, 0.1) is 30.4 Å². The number of likely N-dealkylation sites (tertiary alicyclic amines) is 1. The van der Waals surface area contributed by atoms with Crippen molar-refractivity contribution < 1.29 is 18.7 Å². The number of ether oxygens (including phenoxy) is 3. The second-order valence-electron chi connectivity index (χ2n) is 12.4. The SMILES string of the molecule is CC(Oc1cc(OC2CNCOC2)nc(-c2noc3c2CCCC32CCCc3ccc(N)c(C#N)c32)n1)C1CCCN1C. The maximum Gasteiger partial charge on any atom is 0.221 e. The van der Waals surface area contributed by atoms with Crippen LogP contribution in [0.2, 0.25) is 0 Å². The minimum atomic E-state index is -0.451. The van der Waals surface area contributed by atoms with Gasteiger partial charge in [0.15, 0.2) is 17.3 Å². The van der Waals surface area contributed by atoms with Crippen molar-refractivity contribution in [3.8, 4) is 29.3 Å². The Labute approximate surface area is 251 Å². The molecule has 4 unspecified atom stereocenters. The van der Waals surface area contributed by atoms with Crippen LogP contribution >= 0.6 is 0 Å². The molecule has 0 amide bonds. The molecule has 2 aromatic heterocycles. The summed E-state index contributed by atoms with van der Waals surface area (Å²) in [6.45, 7) is 4.78. The van der Waals surface area contributed by atoms with Crippen LogP contribution in [0.3, 0.4) is 0 Å². The number of nitrogens with one attached hydrogen (secondary N) is 1. The Bertz CT molecular complexity index is 1540. The van der Waals surface area contributed by atoms with Crippen molar-refractivity contribution in [2.45, 2.75) is 82.0 Å². The molecular weight excluding hydrogens is 546 g/mol. The zero-order valence-electron chi connectivity index (χ0n) is 24.9. The van der Waals surface area contributed by atoms with Crippen LogP contribution in [0.1, 0.15) is 73.5 Å². The number of aryl methyl sites for hydroxylation is 1. The number of fused-ring (bicyclic) bond motifs is 4. The lowest BCUT2D eigenvalue weighted by atomic mass is 9.61. The van der Waals surface area contributed by atoms with E-state index in [2.05, 4.69) is 41.5 Å². The normalized spacial score (nSPS) is 26.0. The number of hydrogen-bond acceptors (Lipinski definition) is 11. The summed E-state index contributed by atoms with van der Waals surface area (Å²) in [7, 11) is 2.14. The predicted molar refractivity (Wildman–Crippen MR) is 159 cm³/mol. The van der Waals surface area contributed by atoms with E-state index in [9.17, 15) is 5.26 Å². The van der Waals surface area contributed by atoms with E-state index in [-0.39, 0.29) is 12.2 Å². The fourth-order valence-corrected chi connectivity index (χ4v) is 7.71. The molecule has 226 valence electrons. The van der Waals surface area contributed by atoms with Crippen molar-refractivity contribution in [2.24, 2.45) is 0 Å². The molecule has 0 bridgehead atoms. The van der Waals surface area contributed by atoms with Crippen LogP contribution in [0.15, 0.2) is 22.7 Å². The first-order valence-electron chi connectivity index (χ1n) is 15.5. The molecular formula is C32H39N7O4. The van der Waals surface area contributed by atoms with Gasteiger partial charge in [0, 0.05) is 23.8 Å². The Morgan fingerprint density at radius 2 is 2.02 bits per heavy atom. The maximum atomic E-state index is 10.1. The number of nitriles is 1. The molecule has 11 nitrogen and oxygen atoms in total. The fourth-order valence-electron chi connectivity index (χ4n) is 7.71. The van der Waals surface area contributed by atoms with Crippen molar-refractivity contribution in [2.75, 3.05) is 39.2 Å². The molecule has 1 spiro atoms. The van der Waals surface area contributed by atoms with Crippen molar-refractivity contribution >= 4 is 5.69 Å². The first-order valence-corrected chi connectivity index (χ1v) is 15.5. The van der Waals surface area contributed by atoms with E-state index in [0.29, 0.717) is 60.5 Å². The topological polar surface area (TPSA) is 145 Å².